The summed E-state index contributed by atoms with van der Waals surface area (Å²) in [6.45, 7) is 0.903. The molecule has 3 N–H and O–H groups in total. The fourth-order valence-corrected chi connectivity index (χ4v) is 2.95. The van der Waals surface area contributed by atoms with Gasteiger partial charge >= 0.3 is 0 Å². The normalized spacial score (nSPS) is 16.5. The van der Waals surface area contributed by atoms with Crippen LogP contribution in [0.25, 0.3) is 0 Å². The molecule has 2 heterocycles. The molecule has 1 unspecified atom stereocenters. The largest absolute Gasteiger partial charge is 0.495 e. The van der Waals surface area contributed by atoms with Gasteiger partial charge in [0.2, 0.25) is 5.95 Å². The first-order valence-electron chi connectivity index (χ1n) is 8.14. The van der Waals surface area contributed by atoms with Gasteiger partial charge in [0.15, 0.2) is 0 Å². The van der Waals surface area contributed by atoms with E-state index < -0.39 is 6.10 Å². The second kappa shape index (κ2) is 7.76. The number of rotatable bonds is 5. The van der Waals surface area contributed by atoms with Crippen molar-refractivity contribution in [2.75, 3.05) is 37.9 Å². The minimum atomic E-state index is -0.454. The van der Waals surface area contributed by atoms with Crippen molar-refractivity contribution in [3.63, 3.8) is 0 Å². The summed E-state index contributed by atoms with van der Waals surface area (Å²) in [5.41, 5.74) is 1.12. The van der Waals surface area contributed by atoms with Gasteiger partial charge in [-0.05, 0) is 24.6 Å². The van der Waals surface area contributed by atoms with Crippen LogP contribution in [0.15, 0.2) is 24.4 Å². The van der Waals surface area contributed by atoms with Crippen LogP contribution >= 0.6 is 11.6 Å². The van der Waals surface area contributed by atoms with Gasteiger partial charge in [0.25, 0.3) is 5.91 Å². The molecule has 1 atom stereocenters. The maximum atomic E-state index is 12.5. The van der Waals surface area contributed by atoms with E-state index in [1.54, 1.807) is 30.1 Å². The second-order valence-corrected chi connectivity index (χ2v) is 6.28. The highest BCUT2D eigenvalue weighted by Crippen LogP contribution is 2.29. The Balaban J connectivity index is 1.82. The quantitative estimate of drug-likeness (QED) is 0.733. The van der Waals surface area contributed by atoms with Crippen LogP contribution in [0.1, 0.15) is 16.8 Å². The SMILES string of the molecule is CNc1nc(Nc2ccc(C(=O)N3CCC(O)C3)cc2OC)ncc1Cl. The van der Waals surface area contributed by atoms with Crippen molar-refractivity contribution < 1.29 is 14.6 Å². The summed E-state index contributed by atoms with van der Waals surface area (Å²) in [5, 5.41) is 16.0. The molecule has 8 nitrogen and oxygen atoms in total. The molecule has 0 radical (unpaired) electrons. The van der Waals surface area contributed by atoms with E-state index in [0.29, 0.717) is 53.3 Å². The molecule has 0 bridgehead atoms. The third-order valence-electron chi connectivity index (χ3n) is 4.13. The summed E-state index contributed by atoms with van der Waals surface area (Å²) >= 11 is 5.99. The highest BCUT2D eigenvalue weighted by molar-refractivity contribution is 6.32. The van der Waals surface area contributed by atoms with E-state index in [1.807, 2.05) is 0 Å². The van der Waals surface area contributed by atoms with E-state index in [4.69, 9.17) is 16.3 Å². The van der Waals surface area contributed by atoms with Gasteiger partial charge < -0.3 is 25.4 Å². The number of carbonyl (C=O) groups excluding carboxylic acids is 1. The lowest BCUT2D eigenvalue weighted by molar-refractivity contribution is 0.0764. The van der Waals surface area contributed by atoms with E-state index in [-0.39, 0.29) is 5.91 Å². The van der Waals surface area contributed by atoms with Crippen molar-refractivity contribution >= 4 is 35.0 Å². The predicted octanol–water partition coefficient (Wildman–Crippen LogP) is 2.13. The molecule has 1 amide bonds. The van der Waals surface area contributed by atoms with E-state index in [1.165, 1.54) is 13.3 Å². The van der Waals surface area contributed by atoms with Crippen molar-refractivity contribution in [1.82, 2.24) is 14.9 Å². The molecular formula is C17H20ClN5O3. The first-order valence-corrected chi connectivity index (χ1v) is 8.52. The van der Waals surface area contributed by atoms with Crippen LogP contribution in [0.3, 0.4) is 0 Å². The minimum Gasteiger partial charge on any atom is -0.495 e. The number of ether oxygens (including phenoxy) is 1. The number of β-amino-alcohol motifs (C(OH)–C–C–N with tert-alkyl or cyclic N) is 1. The van der Waals surface area contributed by atoms with E-state index in [2.05, 4.69) is 20.6 Å². The van der Waals surface area contributed by atoms with Crippen LogP contribution in [0.2, 0.25) is 5.02 Å². The third kappa shape index (κ3) is 3.81. The maximum absolute atomic E-state index is 12.5. The standard InChI is InChI=1S/C17H20ClN5O3/c1-19-15-12(18)8-20-17(22-15)21-13-4-3-10(7-14(13)26-2)16(25)23-6-5-11(24)9-23/h3-4,7-8,11,24H,5-6,9H2,1-2H3,(H2,19,20,21,22). The second-order valence-electron chi connectivity index (χ2n) is 5.87. The maximum Gasteiger partial charge on any atom is 0.254 e. The Hall–Kier alpha value is -2.58. The molecular weight excluding hydrogens is 358 g/mol. The Morgan fingerprint density at radius 1 is 1.46 bits per heavy atom. The molecule has 2 aromatic rings. The summed E-state index contributed by atoms with van der Waals surface area (Å²) in [7, 11) is 3.24. The van der Waals surface area contributed by atoms with Crippen molar-refractivity contribution in [3.8, 4) is 5.75 Å². The van der Waals surface area contributed by atoms with Gasteiger partial charge in [0.05, 0.1) is 25.1 Å². The fourth-order valence-electron chi connectivity index (χ4n) is 2.76. The molecule has 9 heteroatoms. The zero-order chi connectivity index (χ0) is 18.7. The van der Waals surface area contributed by atoms with Crippen LogP contribution in [0.4, 0.5) is 17.5 Å². The average Bonchev–Trinajstić information content (AvgIpc) is 3.09. The van der Waals surface area contributed by atoms with E-state index >= 15 is 0 Å². The smallest absolute Gasteiger partial charge is 0.254 e. The molecule has 1 aromatic carbocycles. The number of nitrogens with one attached hydrogen (secondary N) is 2. The van der Waals surface area contributed by atoms with E-state index in [0.717, 1.165) is 0 Å². The molecule has 1 saturated heterocycles. The summed E-state index contributed by atoms with van der Waals surface area (Å²) in [4.78, 5) is 22.6. The Labute approximate surface area is 156 Å². The first-order chi connectivity index (χ1) is 12.5. The molecule has 1 aliphatic heterocycles. The van der Waals surface area contributed by atoms with Gasteiger partial charge in [0.1, 0.15) is 16.6 Å². The number of hydrogen-bond donors (Lipinski definition) is 3. The number of anilines is 3. The Morgan fingerprint density at radius 2 is 2.27 bits per heavy atom. The number of likely N-dealkylation sites (tertiary alicyclic amines) is 1. The zero-order valence-electron chi connectivity index (χ0n) is 14.5. The van der Waals surface area contributed by atoms with Gasteiger partial charge in [-0.25, -0.2) is 4.98 Å². The van der Waals surface area contributed by atoms with Crippen LogP contribution in [-0.4, -0.2) is 59.2 Å². The number of amides is 1. The summed E-state index contributed by atoms with van der Waals surface area (Å²) in [6.07, 6.45) is 1.64. The molecule has 138 valence electrons. The monoisotopic (exact) mass is 377 g/mol. The zero-order valence-corrected chi connectivity index (χ0v) is 15.2. The van der Waals surface area contributed by atoms with E-state index in [9.17, 15) is 9.90 Å². The van der Waals surface area contributed by atoms with Crippen molar-refractivity contribution in [2.45, 2.75) is 12.5 Å². The number of aliphatic hydroxyl groups is 1. The Kier molecular flexibility index (Phi) is 5.43. The first kappa shape index (κ1) is 18.2. The molecule has 26 heavy (non-hydrogen) atoms. The predicted molar refractivity (Wildman–Crippen MR) is 99.4 cm³/mol. The van der Waals surface area contributed by atoms with Crippen molar-refractivity contribution in [3.05, 3.63) is 35.0 Å². The number of halogens is 1. The van der Waals surface area contributed by atoms with Crippen LogP contribution in [-0.2, 0) is 0 Å². The number of hydrogen-bond acceptors (Lipinski definition) is 7. The van der Waals surface area contributed by atoms with Gasteiger partial charge in [-0.1, -0.05) is 11.6 Å². The number of nitrogens with zero attached hydrogens (tertiary/aromatic N) is 3. The van der Waals surface area contributed by atoms with Crippen molar-refractivity contribution in [1.29, 1.82) is 0 Å². The topological polar surface area (TPSA) is 99.6 Å². The van der Waals surface area contributed by atoms with Gasteiger partial charge in [0, 0.05) is 25.7 Å². The average molecular weight is 378 g/mol. The van der Waals surface area contributed by atoms with Gasteiger partial charge in [-0.15, -0.1) is 0 Å². The molecule has 3 rings (SSSR count). The third-order valence-corrected chi connectivity index (χ3v) is 4.40. The lowest BCUT2D eigenvalue weighted by Gasteiger charge is -2.17. The molecule has 0 saturated carbocycles. The highest BCUT2D eigenvalue weighted by Gasteiger charge is 2.26. The molecule has 0 spiro atoms. The van der Waals surface area contributed by atoms with Crippen LogP contribution in [0.5, 0.6) is 5.75 Å². The van der Waals surface area contributed by atoms with Crippen LogP contribution < -0.4 is 15.4 Å². The number of carbonyl (C=O) groups is 1. The van der Waals surface area contributed by atoms with Gasteiger partial charge in [-0.3, -0.25) is 4.79 Å². The fraction of sp³-hybridized carbons (Fsp3) is 0.353. The molecule has 1 fully saturated rings. The molecule has 1 aromatic heterocycles. The Bertz CT molecular complexity index is 817. The van der Waals surface area contributed by atoms with Gasteiger partial charge in [-0.2, -0.15) is 4.98 Å². The summed E-state index contributed by atoms with van der Waals surface area (Å²) in [6, 6.07) is 5.09. The lowest BCUT2D eigenvalue weighted by Crippen LogP contribution is -2.29. The summed E-state index contributed by atoms with van der Waals surface area (Å²) < 4.78 is 5.39. The summed E-state index contributed by atoms with van der Waals surface area (Å²) in [5.74, 6) is 1.20. The molecule has 1 aliphatic rings. The number of aromatic nitrogens is 2. The van der Waals surface area contributed by atoms with Crippen LogP contribution in [0, 0.1) is 0 Å². The number of benzene rings is 1. The Morgan fingerprint density at radius 3 is 2.92 bits per heavy atom. The number of methoxy groups -OCH3 is 1. The minimum absolute atomic E-state index is 0.133. The highest BCUT2D eigenvalue weighted by atomic mass is 35.5. The number of aliphatic hydroxyl groups excluding tert-OH is 1. The van der Waals surface area contributed by atoms with Crippen molar-refractivity contribution in [2.24, 2.45) is 0 Å². The lowest BCUT2D eigenvalue weighted by atomic mass is 10.1. The molecule has 0 aliphatic carbocycles.